The minimum atomic E-state index is -0.358. The van der Waals surface area contributed by atoms with Crippen molar-refractivity contribution in [2.24, 2.45) is 4.99 Å². The minimum absolute atomic E-state index is 0. The fourth-order valence-electron chi connectivity index (χ4n) is 3.29. The second-order valence-corrected chi connectivity index (χ2v) is 6.78. The van der Waals surface area contributed by atoms with E-state index in [0.717, 1.165) is 17.9 Å². The summed E-state index contributed by atoms with van der Waals surface area (Å²) in [5.74, 6) is 1.14. The van der Waals surface area contributed by atoms with Gasteiger partial charge in [0.1, 0.15) is 0 Å². The van der Waals surface area contributed by atoms with Gasteiger partial charge < -0.3 is 15.4 Å². The predicted octanol–water partition coefficient (Wildman–Crippen LogP) is 4.54. The van der Waals surface area contributed by atoms with E-state index >= 15 is 0 Å². The number of hydrogen-bond donors (Lipinski definition) is 2. The van der Waals surface area contributed by atoms with Gasteiger partial charge in [-0.3, -0.25) is 4.99 Å². The highest BCUT2D eigenvalue weighted by atomic mass is 127. The number of aryl methyl sites for hydroxylation is 1. The molecule has 0 heterocycles. The maximum atomic E-state index is 13.9. The summed E-state index contributed by atoms with van der Waals surface area (Å²) in [4.78, 5) is 4.32. The van der Waals surface area contributed by atoms with Gasteiger partial charge >= 0.3 is 0 Å². The molecule has 1 aliphatic carbocycles. The van der Waals surface area contributed by atoms with Crippen LogP contribution >= 0.6 is 24.0 Å². The summed E-state index contributed by atoms with van der Waals surface area (Å²) in [6, 6.07) is 13.8. The number of nitrogens with one attached hydrogen (secondary N) is 2. The van der Waals surface area contributed by atoms with Crippen LogP contribution in [0.2, 0.25) is 0 Å². The SMILES string of the molecule is CN=C(NC(C)c1ccc(OC)c(F)c1)NC1CC1c1ccccc1C.I. The van der Waals surface area contributed by atoms with E-state index in [1.165, 1.54) is 24.3 Å². The Morgan fingerprint density at radius 1 is 1.26 bits per heavy atom. The third kappa shape index (κ3) is 5.12. The van der Waals surface area contributed by atoms with Crippen molar-refractivity contribution in [3.8, 4) is 5.75 Å². The van der Waals surface area contributed by atoms with E-state index in [1.807, 2.05) is 13.0 Å². The van der Waals surface area contributed by atoms with Gasteiger partial charge in [-0.05, 0) is 49.1 Å². The molecule has 0 aliphatic heterocycles. The van der Waals surface area contributed by atoms with E-state index in [0.29, 0.717) is 12.0 Å². The van der Waals surface area contributed by atoms with Crippen LogP contribution < -0.4 is 15.4 Å². The molecule has 27 heavy (non-hydrogen) atoms. The van der Waals surface area contributed by atoms with Crippen LogP contribution in [0.4, 0.5) is 4.39 Å². The monoisotopic (exact) mass is 483 g/mol. The standard InChI is InChI=1S/C21H26FN3O.HI/c1-13-7-5-6-8-16(13)17-12-19(17)25-21(23-3)24-14(2)15-9-10-20(26-4)18(22)11-15;/h5-11,14,17,19H,12H2,1-4H3,(H2,23,24,25);1H. The van der Waals surface area contributed by atoms with Crippen molar-refractivity contribution < 1.29 is 9.13 Å². The van der Waals surface area contributed by atoms with Crippen molar-refractivity contribution in [2.75, 3.05) is 14.2 Å². The maximum absolute atomic E-state index is 13.9. The van der Waals surface area contributed by atoms with Crippen molar-refractivity contribution in [1.82, 2.24) is 10.6 Å². The largest absolute Gasteiger partial charge is 0.494 e. The number of guanidine groups is 1. The summed E-state index contributed by atoms with van der Waals surface area (Å²) in [5, 5.41) is 6.81. The number of hydrogen-bond acceptors (Lipinski definition) is 2. The number of nitrogens with zero attached hydrogens (tertiary/aromatic N) is 1. The molecule has 2 N–H and O–H groups in total. The molecule has 3 unspecified atom stereocenters. The van der Waals surface area contributed by atoms with E-state index in [1.54, 1.807) is 13.1 Å². The Balaban J connectivity index is 0.00000261. The molecule has 146 valence electrons. The van der Waals surface area contributed by atoms with Crippen molar-refractivity contribution in [3.63, 3.8) is 0 Å². The third-order valence-electron chi connectivity index (χ3n) is 4.95. The average Bonchev–Trinajstić information content (AvgIpc) is 3.40. The molecule has 1 fully saturated rings. The van der Waals surface area contributed by atoms with Crippen molar-refractivity contribution >= 4 is 29.9 Å². The van der Waals surface area contributed by atoms with Crippen molar-refractivity contribution in [1.29, 1.82) is 0 Å². The number of aliphatic imine (C=N–C) groups is 1. The normalized spacial score (nSPS) is 19.7. The molecular formula is C21H27FIN3O. The lowest BCUT2D eigenvalue weighted by atomic mass is 10.0. The Morgan fingerprint density at radius 3 is 2.63 bits per heavy atom. The Hall–Kier alpha value is -1.83. The number of methoxy groups -OCH3 is 1. The first-order valence-corrected chi connectivity index (χ1v) is 8.92. The average molecular weight is 483 g/mol. The number of ether oxygens (including phenoxy) is 1. The van der Waals surface area contributed by atoms with Crippen molar-refractivity contribution in [2.45, 2.75) is 38.3 Å². The lowest BCUT2D eigenvalue weighted by Crippen LogP contribution is -2.40. The molecule has 0 saturated heterocycles. The topological polar surface area (TPSA) is 45.7 Å². The molecular weight excluding hydrogens is 456 g/mol. The number of halogens is 2. The molecule has 1 saturated carbocycles. The lowest BCUT2D eigenvalue weighted by molar-refractivity contribution is 0.386. The van der Waals surface area contributed by atoms with E-state index in [4.69, 9.17) is 4.74 Å². The first-order chi connectivity index (χ1) is 12.5. The van der Waals surface area contributed by atoms with Crippen molar-refractivity contribution in [3.05, 3.63) is 65.0 Å². The molecule has 0 bridgehead atoms. The lowest BCUT2D eigenvalue weighted by Gasteiger charge is -2.19. The summed E-state index contributed by atoms with van der Waals surface area (Å²) in [7, 11) is 3.22. The first kappa shape index (κ1) is 21.5. The molecule has 3 rings (SSSR count). The highest BCUT2D eigenvalue weighted by Gasteiger charge is 2.39. The molecule has 0 radical (unpaired) electrons. The van der Waals surface area contributed by atoms with Gasteiger partial charge in [0.05, 0.1) is 13.2 Å². The highest BCUT2D eigenvalue weighted by Crippen LogP contribution is 2.42. The summed E-state index contributed by atoms with van der Waals surface area (Å²) in [6.45, 7) is 4.14. The van der Waals surface area contributed by atoms with Gasteiger partial charge in [-0.2, -0.15) is 0 Å². The zero-order valence-corrected chi connectivity index (χ0v) is 18.5. The molecule has 0 amide bonds. The Bertz CT molecular complexity index is 812. The van der Waals surface area contributed by atoms with Crippen LogP contribution in [0.25, 0.3) is 0 Å². The third-order valence-corrected chi connectivity index (χ3v) is 4.95. The molecule has 2 aromatic rings. The summed E-state index contributed by atoms with van der Waals surface area (Å²) < 4.78 is 18.9. The Labute approximate surface area is 177 Å². The van der Waals surface area contributed by atoms with Gasteiger partial charge in [0, 0.05) is 19.0 Å². The van der Waals surface area contributed by atoms with Crippen LogP contribution in [0, 0.1) is 12.7 Å². The van der Waals surface area contributed by atoms with Crippen LogP contribution in [0.5, 0.6) is 5.75 Å². The zero-order valence-electron chi connectivity index (χ0n) is 16.1. The van der Waals surface area contributed by atoms with E-state index in [9.17, 15) is 4.39 Å². The second kappa shape index (κ2) is 9.39. The van der Waals surface area contributed by atoms with Gasteiger partial charge in [-0.15, -0.1) is 24.0 Å². The van der Waals surface area contributed by atoms with Gasteiger partial charge in [0.15, 0.2) is 17.5 Å². The van der Waals surface area contributed by atoms with E-state index in [-0.39, 0.29) is 41.6 Å². The van der Waals surface area contributed by atoms with Crippen LogP contribution in [-0.2, 0) is 0 Å². The minimum Gasteiger partial charge on any atom is -0.494 e. The fourth-order valence-corrected chi connectivity index (χ4v) is 3.29. The molecule has 1 aliphatic rings. The maximum Gasteiger partial charge on any atom is 0.191 e. The van der Waals surface area contributed by atoms with E-state index < -0.39 is 0 Å². The molecule has 2 aromatic carbocycles. The molecule has 4 nitrogen and oxygen atoms in total. The summed E-state index contributed by atoms with van der Waals surface area (Å²) in [6.07, 6.45) is 1.09. The quantitative estimate of drug-likeness (QED) is 0.373. The fraction of sp³-hybridized carbons (Fsp3) is 0.381. The van der Waals surface area contributed by atoms with Gasteiger partial charge in [-0.1, -0.05) is 30.3 Å². The van der Waals surface area contributed by atoms with Gasteiger partial charge in [0.2, 0.25) is 0 Å². The van der Waals surface area contributed by atoms with Crippen LogP contribution in [0.3, 0.4) is 0 Å². The van der Waals surface area contributed by atoms with Crippen LogP contribution in [-0.4, -0.2) is 26.2 Å². The predicted molar refractivity (Wildman–Crippen MR) is 119 cm³/mol. The smallest absolute Gasteiger partial charge is 0.191 e. The van der Waals surface area contributed by atoms with E-state index in [2.05, 4.69) is 46.8 Å². The molecule has 0 aromatic heterocycles. The zero-order chi connectivity index (χ0) is 18.7. The summed E-state index contributed by atoms with van der Waals surface area (Å²) >= 11 is 0. The second-order valence-electron chi connectivity index (χ2n) is 6.78. The van der Waals surface area contributed by atoms with Gasteiger partial charge in [0.25, 0.3) is 0 Å². The van der Waals surface area contributed by atoms with Gasteiger partial charge in [-0.25, -0.2) is 4.39 Å². The molecule has 3 atom stereocenters. The molecule has 6 heteroatoms. The Kier molecular flexibility index (Phi) is 7.47. The first-order valence-electron chi connectivity index (χ1n) is 8.92. The Morgan fingerprint density at radius 2 is 2.00 bits per heavy atom. The molecule has 0 spiro atoms. The number of rotatable bonds is 5. The number of benzene rings is 2. The van der Waals surface area contributed by atoms with Crippen LogP contribution in [0.1, 0.15) is 42.0 Å². The highest BCUT2D eigenvalue weighted by molar-refractivity contribution is 14.0. The van der Waals surface area contributed by atoms with Crippen LogP contribution in [0.15, 0.2) is 47.5 Å². The summed E-state index contributed by atoms with van der Waals surface area (Å²) in [5.41, 5.74) is 3.56.